The quantitative estimate of drug-likeness (QED) is 0.339. The van der Waals surface area contributed by atoms with Gasteiger partial charge >= 0.3 is 0 Å². The van der Waals surface area contributed by atoms with Crippen LogP contribution in [0.15, 0.2) is 36.8 Å². The third kappa shape index (κ3) is 4.48. The molecule has 0 aliphatic carbocycles. The van der Waals surface area contributed by atoms with E-state index >= 15 is 0 Å². The van der Waals surface area contributed by atoms with Crippen molar-refractivity contribution in [2.75, 3.05) is 12.4 Å². The summed E-state index contributed by atoms with van der Waals surface area (Å²) in [6.45, 7) is 3.42. The van der Waals surface area contributed by atoms with Gasteiger partial charge in [0.05, 0.1) is 41.2 Å². The lowest BCUT2D eigenvalue weighted by Crippen LogP contribution is -2.17. The number of nitrogens with zero attached hydrogens (tertiary/aromatic N) is 7. The Kier molecular flexibility index (Phi) is 6.29. The second-order valence-electron chi connectivity index (χ2n) is 8.11. The van der Waals surface area contributed by atoms with Crippen molar-refractivity contribution in [2.45, 2.75) is 20.3 Å². The first kappa shape index (κ1) is 24.3. The van der Waals surface area contributed by atoms with Gasteiger partial charge in [0.2, 0.25) is 0 Å². The fraction of sp³-hybridized carbons (Fsp3) is 0.208. The summed E-state index contributed by atoms with van der Waals surface area (Å²) in [5, 5.41) is 10.9. The molecule has 0 bridgehead atoms. The highest BCUT2D eigenvalue weighted by atomic mass is 32.1. The van der Waals surface area contributed by atoms with Gasteiger partial charge in [-0.2, -0.15) is 0 Å². The zero-order valence-electron chi connectivity index (χ0n) is 20.2. The molecule has 5 heterocycles. The maximum Gasteiger partial charge on any atom is 0.281 e. The van der Waals surface area contributed by atoms with Crippen molar-refractivity contribution in [1.29, 1.82) is 0 Å². The summed E-state index contributed by atoms with van der Waals surface area (Å²) in [5.41, 5.74) is 2.80. The Morgan fingerprint density at radius 3 is 2.68 bits per heavy atom. The molecule has 1 amide bonds. The number of anilines is 1. The van der Waals surface area contributed by atoms with Crippen molar-refractivity contribution in [2.24, 2.45) is 7.05 Å². The molecule has 0 radical (unpaired) electrons. The average molecular weight is 523 g/mol. The first-order chi connectivity index (χ1) is 17.8. The molecule has 13 heteroatoms. The summed E-state index contributed by atoms with van der Waals surface area (Å²) < 4.78 is 35.9. The Morgan fingerprint density at radius 1 is 1.16 bits per heavy atom. The van der Waals surface area contributed by atoms with Gasteiger partial charge in [-0.1, -0.05) is 16.6 Å². The lowest BCUT2D eigenvalue weighted by Gasteiger charge is -2.16. The van der Waals surface area contributed by atoms with E-state index in [1.54, 1.807) is 37.0 Å². The Bertz CT molecular complexity index is 1630. The zero-order valence-corrected chi connectivity index (χ0v) is 21.0. The average Bonchev–Trinajstić information content (AvgIpc) is 3.43. The summed E-state index contributed by atoms with van der Waals surface area (Å²) in [7, 11) is 3.21. The number of aryl methyl sites for hydroxylation is 3. The van der Waals surface area contributed by atoms with E-state index in [2.05, 4.69) is 35.6 Å². The second kappa shape index (κ2) is 9.58. The minimum Gasteiger partial charge on any atom is -0.494 e. The van der Waals surface area contributed by atoms with Crippen LogP contribution in [-0.2, 0) is 7.05 Å². The smallest absolute Gasteiger partial charge is 0.281 e. The molecular formula is C24H20F2N8O2S. The molecule has 0 spiro atoms. The number of thiazole rings is 1. The Balaban J connectivity index is 1.56. The van der Waals surface area contributed by atoms with E-state index in [1.165, 1.54) is 30.8 Å². The summed E-state index contributed by atoms with van der Waals surface area (Å²) >= 11 is 1.19. The van der Waals surface area contributed by atoms with Gasteiger partial charge < -0.3 is 4.74 Å². The van der Waals surface area contributed by atoms with Crippen LogP contribution in [-0.4, -0.2) is 47.9 Å². The first-order valence-corrected chi connectivity index (χ1v) is 11.8. The SMILES string of the molecule is COc1cnccc1-c1cc(C)nc(C(F)F)c1C(=O)Nc1nc2cnc(-c3c(C)nnn3C)cc2s1. The molecule has 0 saturated carbocycles. The summed E-state index contributed by atoms with van der Waals surface area (Å²) in [5.74, 6) is -0.434. The molecule has 0 aliphatic rings. The number of hydrogen-bond acceptors (Lipinski definition) is 9. The molecule has 0 aromatic carbocycles. The number of ether oxygens (including phenoxy) is 1. The minimum absolute atomic E-state index is 0.229. The number of amides is 1. The predicted octanol–water partition coefficient (Wildman–Crippen LogP) is 4.76. The number of methoxy groups -OCH3 is 1. The predicted molar refractivity (Wildman–Crippen MR) is 134 cm³/mol. The maximum absolute atomic E-state index is 14.1. The van der Waals surface area contributed by atoms with Crippen LogP contribution < -0.4 is 10.1 Å². The van der Waals surface area contributed by atoms with Crippen LogP contribution in [0.4, 0.5) is 13.9 Å². The number of pyridine rings is 3. The van der Waals surface area contributed by atoms with E-state index in [-0.39, 0.29) is 16.3 Å². The second-order valence-corrected chi connectivity index (χ2v) is 9.14. The normalized spacial score (nSPS) is 11.3. The highest BCUT2D eigenvalue weighted by molar-refractivity contribution is 7.22. The van der Waals surface area contributed by atoms with Gasteiger partial charge in [-0.25, -0.2) is 18.4 Å². The molecule has 188 valence electrons. The third-order valence-corrected chi connectivity index (χ3v) is 6.57. The fourth-order valence-electron chi connectivity index (χ4n) is 4.06. The number of carbonyl (C=O) groups is 1. The van der Waals surface area contributed by atoms with Crippen LogP contribution in [0.5, 0.6) is 5.75 Å². The number of nitrogens with one attached hydrogen (secondary N) is 1. The number of aromatic nitrogens is 7. The van der Waals surface area contributed by atoms with Crippen LogP contribution in [0.2, 0.25) is 0 Å². The Hall–Kier alpha value is -4.39. The van der Waals surface area contributed by atoms with Crippen LogP contribution in [0.1, 0.15) is 33.9 Å². The monoisotopic (exact) mass is 522 g/mol. The van der Waals surface area contributed by atoms with Gasteiger partial charge in [0.25, 0.3) is 12.3 Å². The molecule has 0 aliphatic heterocycles. The summed E-state index contributed by atoms with van der Waals surface area (Å²) in [4.78, 5) is 30.3. The first-order valence-electron chi connectivity index (χ1n) is 11.0. The van der Waals surface area contributed by atoms with Crippen molar-refractivity contribution in [3.63, 3.8) is 0 Å². The fourth-order valence-corrected chi connectivity index (χ4v) is 4.93. The zero-order chi connectivity index (χ0) is 26.3. The molecule has 5 aromatic rings. The Morgan fingerprint density at radius 2 is 1.97 bits per heavy atom. The lowest BCUT2D eigenvalue weighted by atomic mass is 9.97. The van der Waals surface area contributed by atoms with Crippen molar-refractivity contribution in [3.8, 4) is 28.3 Å². The van der Waals surface area contributed by atoms with Crippen LogP contribution >= 0.6 is 11.3 Å². The van der Waals surface area contributed by atoms with E-state index in [4.69, 9.17) is 4.74 Å². The number of hydrogen-bond donors (Lipinski definition) is 1. The van der Waals surface area contributed by atoms with Gasteiger partial charge in [0.15, 0.2) is 5.13 Å². The number of alkyl halides is 2. The van der Waals surface area contributed by atoms with E-state index < -0.39 is 18.0 Å². The summed E-state index contributed by atoms with van der Waals surface area (Å²) in [6.07, 6.45) is 1.54. The van der Waals surface area contributed by atoms with Crippen molar-refractivity contribution < 1.29 is 18.3 Å². The lowest BCUT2D eigenvalue weighted by molar-refractivity contribution is 0.101. The maximum atomic E-state index is 14.1. The molecule has 5 aromatic heterocycles. The third-order valence-electron chi connectivity index (χ3n) is 5.64. The molecule has 37 heavy (non-hydrogen) atoms. The van der Waals surface area contributed by atoms with Crippen molar-refractivity contribution in [3.05, 3.63) is 59.4 Å². The molecule has 0 unspecified atom stereocenters. The van der Waals surface area contributed by atoms with Gasteiger partial charge in [-0.05, 0) is 32.0 Å². The van der Waals surface area contributed by atoms with E-state index in [9.17, 15) is 13.6 Å². The number of carbonyl (C=O) groups excluding carboxylic acids is 1. The van der Waals surface area contributed by atoms with Gasteiger partial charge in [-0.15, -0.1) is 5.10 Å². The van der Waals surface area contributed by atoms with E-state index in [1.807, 2.05) is 13.0 Å². The molecule has 0 fully saturated rings. The Labute approximate surface area is 213 Å². The van der Waals surface area contributed by atoms with Crippen LogP contribution in [0, 0.1) is 13.8 Å². The van der Waals surface area contributed by atoms with Crippen molar-refractivity contribution >= 4 is 32.6 Å². The molecule has 1 N–H and O–H groups in total. The van der Waals surface area contributed by atoms with Crippen LogP contribution in [0.3, 0.4) is 0 Å². The largest absolute Gasteiger partial charge is 0.494 e. The van der Waals surface area contributed by atoms with E-state index in [0.29, 0.717) is 28.2 Å². The van der Waals surface area contributed by atoms with Crippen molar-refractivity contribution in [1.82, 2.24) is 34.9 Å². The highest BCUT2D eigenvalue weighted by Gasteiger charge is 2.27. The molecule has 0 saturated heterocycles. The number of fused-ring (bicyclic) bond motifs is 1. The molecule has 0 atom stereocenters. The molecule has 5 rings (SSSR count). The molecule has 10 nitrogen and oxygen atoms in total. The van der Waals surface area contributed by atoms with Gasteiger partial charge in [0, 0.05) is 30.1 Å². The van der Waals surface area contributed by atoms with Gasteiger partial charge in [-0.3, -0.25) is 25.1 Å². The van der Waals surface area contributed by atoms with Crippen LogP contribution in [0.25, 0.3) is 32.7 Å². The summed E-state index contributed by atoms with van der Waals surface area (Å²) in [6, 6.07) is 4.98. The topological polar surface area (TPSA) is 121 Å². The highest BCUT2D eigenvalue weighted by Crippen LogP contribution is 2.37. The minimum atomic E-state index is -2.98. The van der Waals surface area contributed by atoms with Gasteiger partial charge in [0.1, 0.15) is 22.7 Å². The molecular weight excluding hydrogens is 502 g/mol. The standard InChI is InChI=1S/C24H20F2N8O2S/c1-11-7-14(13-5-6-27-10-17(13)36-4)19(20(29-11)22(25)26)23(35)31-24-30-16-9-28-15(8-18(16)37-24)21-12(2)32-33-34(21)3/h5-10,22H,1-4H3,(H,30,31,35). The number of halogens is 2. The number of rotatable bonds is 6. The van der Waals surface area contributed by atoms with E-state index in [0.717, 1.165) is 16.1 Å².